The number of aromatic amines is 1. The van der Waals surface area contributed by atoms with E-state index in [9.17, 15) is 9.59 Å². The van der Waals surface area contributed by atoms with Gasteiger partial charge in [0.2, 0.25) is 0 Å². The largest absolute Gasteiger partial charge is 0.376 e. The SMILES string of the molecule is O=C(Nc1ccc(-c2n[nH]c(=O)c3ccccc23)cc1)c1nn(CC2CCO2)c2ccccc12. The van der Waals surface area contributed by atoms with E-state index in [0.717, 1.165) is 34.9 Å². The van der Waals surface area contributed by atoms with Crippen LogP contribution in [0, 0.1) is 0 Å². The number of hydrogen-bond donors (Lipinski definition) is 2. The Balaban J connectivity index is 1.27. The smallest absolute Gasteiger partial charge is 0.276 e. The van der Waals surface area contributed by atoms with Gasteiger partial charge < -0.3 is 10.1 Å². The number of carbonyl (C=O) groups is 1. The van der Waals surface area contributed by atoms with Gasteiger partial charge in [-0.3, -0.25) is 14.3 Å². The number of carbonyl (C=O) groups excluding carboxylic acids is 1. The van der Waals surface area contributed by atoms with Gasteiger partial charge in [0.1, 0.15) is 0 Å². The molecule has 0 bridgehead atoms. The first-order valence-electron chi connectivity index (χ1n) is 11.1. The molecular formula is C26H21N5O3. The van der Waals surface area contributed by atoms with E-state index >= 15 is 0 Å². The van der Waals surface area contributed by atoms with Crippen LogP contribution in [0.3, 0.4) is 0 Å². The number of H-pyrrole nitrogens is 1. The summed E-state index contributed by atoms with van der Waals surface area (Å²) in [4.78, 5) is 25.2. The van der Waals surface area contributed by atoms with Crippen molar-refractivity contribution >= 4 is 33.3 Å². The van der Waals surface area contributed by atoms with Crippen LogP contribution in [0.5, 0.6) is 0 Å². The van der Waals surface area contributed by atoms with Gasteiger partial charge in [-0.25, -0.2) is 5.10 Å². The molecule has 2 N–H and O–H groups in total. The third kappa shape index (κ3) is 3.54. The van der Waals surface area contributed by atoms with Gasteiger partial charge in [0.05, 0.1) is 29.2 Å². The van der Waals surface area contributed by atoms with Crippen molar-refractivity contribution < 1.29 is 9.53 Å². The van der Waals surface area contributed by atoms with Crippen LogP contribution in [0.15, 0.2) is 77.6 Å². The molecule has 1 unspecified atom stereocenters. The van der Waals surface area contributed by atoms with Gasteiger partial charge in [0.15, 0.2) is 5.69 Å². The van der Waals surface area contributed by atoms with E-state index in [1.165, 1.54) is 0 Å². The van der Waals surface area contributed by atoms with E-state index in [1.54, 1.807) is 6.07 Å². The van der Waals surface area contributed by atoms with Crippen LogP contribution in [-0.2, 0) is 11.3 Å². The summed E-state index contributed by atoms with van der Waals surface area (Å²) < 4.78 is 7.40. The lowest BCUT2D eigenvalue weighted by Crippen LogP contribution is -2.31. The van der Waals surface area contributed by atoms with Gasteiger partial charge in [-0.1, -0.05) is 48.5 Å². The van der Waals surface area contributed by atoms with E-state index < -0.39 is 0 Å². The molecule has 6 rings (SSSR count). The quantitative estimate of drug-likeness (QED) is 0.421. The molecule has 2 aromatic heterocycles. The third-order valence-corrected chi connectivity index (χ3v) is 6.16. The fourth-order valence-electron chi connectivity index (χ4n) is 4.29. The summed E-state index contributed by atoms with van der Waals surface area (Å²) in [5.41, 5.74) is 3.22. The number of nitrogens with zero attached hydrogens (tertiary/aromatic N) is 3. The number of hydrogen-bond acceptors (Lipinski definition) is 5. The molecule has 8 nitrogen and oxygen atoms in total. The average Bonchev–Trinajstić information content (AvgIpc) is 3.21. The van der Waals surface area contributed by atoms with E-state index in [1.807, 2.05) is 71.4 Å². The molecule has 1 fully saturated rings. The van der Waals surface area contributed by atoms with Crippen LogP contribution in [0.4, 0.5) is 5.69 Å². The fourth-order valence-corrected chi connectivity index (χ4v) is 4.29. The van der Waals surface area contributed by atoms with Crippen molar-refractivity contribution in [2.24, 2.45) is 0 Å². The maximum absolute atomic E-state index is 13.1. The summed E-state index contributed by atoms with van der Waals surface area (Å²) in [5.74, 6) is -0.273. The highest BCUT2D eigenvalue weighted by Gasteiger charge is 2.23. The first-order chi connectivity index (χ1) is 16.7. The Morgan fingerprint density at radius 2 is 1.71 bits per heavy atom. The maximum Gasteiger partial charge on any atom is 0.276 e. The highest BCUT2D eigenvalue weighted by atomic mass is 16.5. The maximum atomic E-state index is 13.1. The minimum atomic E-state index is -0.273. The summed E-state index contributed by atoms with van der Waals surface area (Å²) in [6.45, 7) is 1.40. The van der Waals surface area contributed by atoms with Crippen molar-refractivity contribution in [3.63, 3.8) is 0 Å². The Morgan fingerprint density at radius 3 is 2.44 bits per heavy atom. The number of amides is 1. The van der Waals surface area contributed by atoms with Gasteiger partial charge in [0.25, 0.3) is 11.5 Å². The van der Waals surface area contributed by atoms with E-state index in [4.69, 9.17) is 4.74 Å². The molecule has 8 heteroatoms. The Kier molecular flexibility index (Phi) is 4.92. The Bertz CT molecular complexity index is 1580. The van der Waals surface area contributed by atoms with E-state index in [-0.39, 0.29) is 17.6 Å². The first kappa shape index (κ1) is 20.3. The average molecular weight is 451 g/mol. The number of anilines is 1. The van der Waals surface area contributed by atoms with Gasteiger partial charge in [-0.05, 0) is 30.7 Å². The van der Waals surface area contributed by atoms with Crippen molar-refractivity contribution in [1.82, 2.24) is 20.0 Å². The molecule has 1 amide bonds. The fraction of sp³-hybridized carbons (Fsp3) is 0.154. The Labute approximate surface area is 194 Å². The van der Waals surface area contributed by atoms with E-state index in [0.29, 0.717) is 29.0 Å². The van der Waals surface area contributed by atoms with Crippen LogP contribution in [0.1, 0.15) is 16.9 Å². The van der Waals surface area contributed by atoms with E-state index in [2.05, 4.69) is 20.6 Å². The molecule has 0 aliphatic carbocycles. The van der Waals surface area contributed by atoms with Crippen LogP contribution >= 0.6 is 0 Å². The highest BCUT2D eigenvalue weighted by Crippen LogP contribution is 2.26. The standard InChI is InChI=1S/C26H21N5O3/c32-25-20-6-2-1-5-19(20)23(28-29-25)16-9-11-17(12-10-16)27-26(33)24-21-7-3-4-8-22(21)31(30-24)15-18-13-14-34-18/h1-12,18H,13-15H2,(H,27,33)(H,29,32). The molecule has 3 aromatic carbocycles. The highest BCUT2D eigenvalue weighted by molar-refractivity contribution is 6.11. The molecule has 0 spiro atoms. The molecule has 1 saturated heterocycles. The lowest BCUT2D eigenvalue weighted by atomic mass is 10.0. The van der Waals surface area contributed by atoms with Crippen molar-refractivity contribution in [3.8, 4) is 11.3 Å². The van der Waals surface area contributed by atoms with Crippen molar-refractivity contribution in [1.29, 1.82) is 0 Å². The zero-order chi connectivity index (χ0) is 23.1. The molecule has 168 valence electrons. The number of rotatable bonds is 5. The molecule has 5 aromatic rings. The zero-order valence-electron chi connectivity index (χ0n) is 18.2. The summed E-state index contributed by atoms with van der Waals surface area (Å²) in [6, 6.07) is 22.4. The normalized spacial score (nSPS) is 15.4. The summed E-state index contributed by atoms with van der Waals surface area (Å²) in [6.07, 6.45) is 1.14. The third-order valence-electron chi connectivity index (χ3n) is 6.16. The van der Waals surface area contributed by atoms with Crippen LogP contribution in [0.2, 0.25) is 0 Å². The Hall–Kier alpha value is -4.30. The van der Waals surface area contributed by atoms with Crippen LogP contribution < -0.4 is 10.9 Å². The minimum absolute atomic E-state index is 0.143. The number of para-hydroxylation sites is 1. The predicted molar refractivity (Wildman–Crippen MR) is 130 cm³/mol. The minimum Gasteiger partial charge on any atom is -0.376 e. The van der Waals surface area contributed by atoms with Gasteiger partial charge >= 0.3 is 0 Å². The molecule has 0 radical (unpaired) electrons. The lowest BCUT2D eigenvalue weighted by molar-refractivity contribution is -0.0602. The lowest BCUT2D eigenvalue weighted by Gasteiger charge is -2.26. The summed E-state index contributed by atoms with van der Waals surface area (Å²) in [7, 11) is 0. The van der Waals surface area contributed by atoms with Gasteiger partial charge in [-0.2, -0.15) is 10.2 Å². The monoisotopic (exact) mass is 451 g/mol. The second-order valence-electron chi connectivity index (χ2n) is 8.31. The molecule has 1 atom stereocenters. The first-order valence-corrected chi connectivity index (χ1v) is 11.1. The topological polar surface area (TPSA) is 102 Å². The number of ether oxygens (including phenoxy) is 1. The van der Waals surface area contributed by atoms with Crippen molar-refractivity contribution in [3.05, 3.63) is 88.8 Å². The number of benzene rings is 3. The Morgan fingerprint density at radius 1 is 1.00 bits per heavy atom. The number of aromatic nitrogens is 4. The molecule has 1 aliphatic rings. The number of nitrogens with one attached hydrogen (secondary N) is 2. The zero-order valence-corrected chi connectivity index (χ0v) is 18.2. The van der Waals surface area contributed by atoms with Gasteiger partial charge in [0, 0.05) is 28.6 Å². The second kappa shape index (κ2) is 8.24. The summed E-state index contributed by atoms with van der Waals surface area (Å²) >= 11 is 0. The van der Waals surface area contributed by atoms with Crippen molar-refractivity contribution in [2.75, 3.05) is 11.9 Å². The van der Waals surface area contributed by atoms with Crippen molar-refractivity contribution in [2.45, 2.75) is 19.1 Å². The predicted octanol–water partition coefficient (Wildman–Crippen LogP) is 3.98. The van der Waals surface area contributed by atoms with Gasteiger partial charge in [-0.15, -0.1) is 0 Å². The molecule has 1 aliphatic heterocycles. The summed E-state index contributed by atoms with van der Waals surface area (Å²) in [5, 5.41) is 16.5. The molecule has 34 heavy (non-hydrogen) atoms. The number of fused-ring (bicyclic) bond motifs is 2. The molecule has 0 saturated carbocycles. The molecule has 3 heterocycles. The second-order valence-corrected chi connectivity index (χ2v) is 8.31. The molecular weight excluding hydrogens is 430 g/mol. The van der Waals surface area contributed by atoms with Crippen LogP contribution in [0.25, 0.3) is 32.9 Å². The van der Waals surface area contributed by atoms with Crippen LogP contribution in [-0.4, -0.2) is 38.6 Å².